The maximum atomic E-state index is 12.3. The van der Waals surface area contributed by atoms with E-state index in [9.17, 15) is 14.7 Å². The van der Waals surface area contributed by atoms with E-state index in [1.54, 1.807) is 18.7 Å². The summed E-state index contributed by atoms with van der Waals surface area (Å²) in [5, 5.41) is 25.9. The molecule has 3 aliphatic heterocycles. The van der Waals surface area contributed by atoms with E-state index in [0.29, 0.717) is 17.7 Å². The summed E-state index contributed by atoms with van der Waals surface area (Å²) >= 11 is 1.61. The number of amides is 1. The lowest BCUT2D eigenvalue weighted by molar-refractivity contribution is -0.160. The standard InChI is InChI=1S/C17H27N3O5S/c1-9(21)14-12-7-13(16(25-17(23)24)20(12)15(14)22)26-11-6-10(19-8-11)4-3-5-18-2/h9-12,14,18-19,21H,3-8H2,1-2H3,(H,23,24)/t9-,10-,11+,12-,14-/m1/s1. The maximum absolute atomic E-state index is 12.3. The van der Waals surface area contributed by atoms with Crippen LogP contribution in [0.4, 0.5) is 4.79 Å². The summed E-state index contributed by atoms with van der Waals surface area (Å²) in [5.74, 6) is -0.587. The molecule has 3 heterocycles. The normalized spacial score (nSPS) is 31.8. The van der Waals surface area contributed by atoms with Gasteiger partial charge in [0.1, 0.15) is 0 Å². The third kappa shape index (κ3) is 3.85. The van der Waals surface area contributed by atoms with Gasteiger partial charge in [-0.1, -0.05) is 0 Å². The molecule has 0 aliphatic carbocycles. The number of aliphatic hydroxyl groups excluding tert-OH is 1. The number of hydrogen-bond donors (Lipinski definition) is 4. The first-order valence-corrected chi connectivity index (χ1v) is 10.00. The van der Waals surface area contributed by atoms with Crippen LogP contribution in [-0.2, 0) is 9.53 Å². The first-order chi connectivity index (χ1) is 12.4. The van der Waals surface area contributed by atoms with E-state index < -0.39 is 18.2 Å². The minimum Gasteiger partial charge on any atom is -0.449 e. The molecule has 2 fully saturated rings. The lowest BCUT2D eigenvalue weighted by Crippen LogP contribution is -2.61. The van der Waals surface area contributed by atoms with E-state index in [1.807, 2.05) is 7.05 Å². The predicted octanol–water partition coefficient (Wildman–Crippen LogP) is 0.925. The van der Waals surface area contributed by atoms with Crippen LogP contribution in [0.3, 0.4) is 0 Å². The van der Waals surface area contributed by atoms with Gasteiger partial charge >= 0.3 is 6.16 Å². The van der Waals surface area contributed by atoms with Crippen molar-refractivity contribution in [3.63, 3.8) is 0 Å². The molecule has 0 radical (unpaired) electrons. The number of aliphatic hydroxyl groups is 1. The molecule has 0 bridgehead atoms. The number of fused-ring (bicyclic) bond motifs is 1. The molecule has 8 nitrogen and oxygen atoms in total. The second kappa shape index (κ2) is 8.16. The summed E-state index contributed by atoms with van der Waals surface area (Å²) in [5.41, 5.74) is 0. The van der Waals surface area contributed by atoms with Gasteiger partial charge in [-0.3, -0.25) is 9.69 Å². The van der Waals surface area contributed by atoms with Gasteiger partial charge in [-0.2, -0.15) is 0 Å². The van der Waals surface area contributed by atoms with Crippen molar-refractivity contribution in [3.8, 4) is 0 Å². The van der Waals surface area contributed by atoms with Crippen LogP contribution in [0.15, 0.2) is 10.8 Å². The highest BCUT2D eigenvalue weighted by atomic mass is 32.2. The molecule has 0 spiro atoms. The molecular weight excluding hydrogens is 358 g/mol. The number of nitrogens with zero attached hydrogens (tertiary/aromatic N) is 1. The van der Waals surface area contributed by atoms with E-state index in [0.717, 1.165) is 37.3 Å². The van der Waals surface area contributed by atoms with Gasteiger partial charge < -0.3 is 25.6 Å². The second-order valence-corrected chi connectivity index (χ2v) is 8.56. The fourth-order valence-electron chi connectivity index (χ4n) is 4.08. The third-order valence-corrected chi connectivity index (χ3v) is 6.61. The number of thioether (sulfide) groups is 1. The van der Waals surface area contributed by atoms with Crippen molar-refractivity contribution >= 4 is 23.8 Å². The fourth-order valence-corrected chi connectivity index (χ4v) is 5.50. The van der Waals surface area contributed by atoms with Crippen molar-refractivity contribution in [1.29, 1.82) is 0 Å². The van der Waals surface area contributed by atoms with Crippen LogP contribution in [0.25, 0.3) is 0 Å². The van der Waals surface area contributed by atoms with Crippen LogP contribution in [0.1, 0.15) is 32.6 Å². The number of carbonyl (C=O) groups is 2. The summed E-state index contributed by atoms with van der Waals surface area (Å²) in [6.45, 7) is 3.45. The van der Waals surface area contributed by atoms with Crippen LogP contribution < -0.4 is 10.6 Å². The molecule has 9 heteroatoms. The molecule has 146 valence electrons. The molecule has 0 unspecified atom stereocenters. The molecule has 0 aromatic carbocycles. The van der Waals surface area contributed by atoms with Gasteiger partial charge in [0.25, 0.3) is 0 Å². The number of rotatable bonds is 8. The Labute approximate surface area is 157 Å². The topological polar surface area (TPSA) is 111 Å². The molecule has 5 atom stereocenters. The fraction of sp³-hybridized carbons (Fsp3) is 0.765. The van der Waals surface area contributed by atoms with Crippen LogP contribution in [0.2, 0.25) is 0 Å². The minimum atomic E-state index is -1.42. The Hall–Kier alpha value is -1.29. The lowest BCUT2D eigenvalue weighted by atomic mass is 9.84. The summed E-state index contributed by atoms with van der Waals surface area (Å²) in [6, 6.07) is 0.274. The summed E-state index contributed by atoms with van der Waals surface area (Å²) < 4.78 is 4.94. The van der Waals surface area contributed by atoms with Crippen molar-refractivity contribution in [2.45, 2.75) is 56.0 Å². The van der Waals surface area contributed by atoms with Crippen LogP contribution in [0.5, 0.6) is 0 Å². The number of carbonyl (C=O) groups excluding carboxylic acids is 1. The van der Waals surface area contributed by atoms with E-state index in [4.69, 9.17) is 9.84 Å². The molecule has 4 N–H and O–H groups in total. The number of carboxylic acid groups (broad SMARTS) is 1. The van der Waals surface area contributed by atoms with Gasteiger partial charge in [-0.05, 0) is 39.8 Å². The lowest BCUT2D eigenvalue weighted by Gasteiger charge is -2.44. The van der Waals surface area contributed by atoms with Crippen molar-refractivity contribution < 1.29 is 24.5 Å². The smallest absolute Gasteiger partial charge is 0.449 e. The van der Waals surface area contributed by atoms with Gasteiger partial charge in [0.05, 0.1) is 18.1 Å². The third-order valence-electron chi connectivity index (χ3n) is 5.29. The molecule has 3 aliphatic rings. The van der Waals surface area contributed by atoms with E-state index >= 15 is 0 Å². The number of nitrogens with one attached hydrogen (secondary N) is 2. The average molecular weight is 385 g/mol. The highest BCUT2D eigenvalue weighted by molar-refractivity contribution is 8.03. The van der Waals surface area contributed by atoms with E-state index in [-0.39, 0.29) is 17.8 Å². The van der Waals surface area contributed by atoms with Gasteiger partial charge in [-0.15, -0.1) is 11.8 Å². The minimum absolute atomic E-state index is 0.146. The van der Waals surface area contributed by atoms with Gasteiger partial charge in [0.2, 0.25) is 11.8 Å². The van der Waals surface area contributed by atoms with Crippen molar-refractivity contribution in [2.75, 3.05) is 20.1 Å². The molecule has 0 aromatic rings. The molecule has 0 aromatic heterocycles. The predicted molar refractivity (Wildman–Crippen MR) is 97.5 cm³/mol. The van der Waals surface area contributed by atoms with Crippen molar-refractivity contribution in [2.24, 2.45) is 5.92 Å². The molecule has 3 rings (SSSR count). The molecular formula is C17H27N3O5S. The average Bonchev–Trinajstić information content (AvgIpc) is 3.10. The molecule has 0 saturated carbocycles. The number of β-lactam (4-membered cyclic amide) rings is 1. The molecule has 2 saturated heterocycles. The summed E-state index contributed by atoms with van der Waals surface area (Å²) in [6.07, 6.45) is 1.62. The van der Waals surface area contributed by atoms with Crippen molar-refractivity contribution in [1.82, 2.24) is 15.5 Å². The second-order valence-electron chi connectivity index (χ2n) is 7.17. The maximum Gasteiger partial charge on any atom is 0.512 e. The number of ether oxygens (including phenoxy) is 1. The zero-order chi connectivity index (χ0) is 18.8. The summed E-state index contributed by atoms with van der Waals surface area (Å²) in [7, 11) is 1.95. The Morgan fingerprint density at radius 3 is 2.96 bits per heavy atom. The molecule has 26 heavy (non-hydrogen) atoms. The highest BCUT2D eigenvalue weighted by Gasteiger charge is 2.57. The quantitative estimate of drug-likeness (QED) is 0.277. The monoisotopic (exact) mass is 385 g/mol. The molecule has 1 amide bonds. The largest absolute Gasteiger partial charge is 0.512 e. The Morgan fingerprint density at radius 2 is 2.31 bits per heavy atom. The van der Waals surface area contributed by atoms with E-state index in [1.165, 1.54) is 4.90 Å². The zero-order valence-electron chi connectivity index (χ0n) is 15.1. The van der Waals surface area contributed by atoms with Gasteiger partial charge in [0, 0.05) is 29.2 Å². The summed E-state index contributed by atoms with van der Waals surface area (Å²) in [4.78, 5) is 25.6. The van der Waals surface area contributed by atoms with Gasteiger partial charge in [-0.25, -0.2) is 4.79 Å². The highest BCUT2D eigenvalue weighted by Crippen LogP contribution is 2.48. The SMILES string of the molecule is CNCCC[C@@H]1C[C@H](SC2=C(OC(=O)O)N3C(=O)[C@H]([C@@H](C)O)[C@H]3C2)CN1. The first-order valence-electron chi connectivity index (χ1n) is 9.12. The Morgan fingerprint density at radius 1 is 1.54 bits per heavy atom. The van der Waals surface area contributed by atoms with Crippen LogP contribution in [-0.4, -0.2) is 70.8 Å². The zero-order valence-corrected chi connectivity index (χ0v) is 15.9. The Kier molecular flexibility index (Phi) is 6.11. The van der Waals surface area contributed by atoms with Crippen molar-refractivity contribution in [3.05, 3.63) is 10.8 Å². The Bertz CT molecular complexity index is 597. The van der Waals surface area contributed by atoms with E-state index in [2.05, 4.69) is 10.6 Å². The van der Waals surface area contributed by atoms with Crippen LogP contribution >= 0.6 is 11.8 Å². The Balaban J connectivity index is 1.63. The first kappa shape index (κ1) is 19.5. The van der Waals surface area contributed by atoms with Crippen LogP contribution in [0, 0.1) is 5.92 Å². The van der Waals surface area contributed by atoms with Gasteiger partial charge in [0.15, 0.2) is 0 Å². The number of hydrogen-bond acceptors (Lipinski definition) is 7.